The van der Waals surface area contributed by atoms with Gasteiger partial charge in [-0.15, -0.1) is 0 Å². The fourth-order valence-electron chi connectivity index (χ4n) is 5.19. The maximum Gasteiger partial charge on any atom is 0.271 e. The lowest BCUT2D eigenvalue weighted by Crippen LogP contribution is -2.52. The van der Waals surface area contributed by atoms with E-state index in [0.717, 1.165) is 19.3 Å². The number of carbonyl (C=O) groups is 1. The first-order valence-electron chi connectivity index (χ1n) is 8.02. The Morgan fingerprint density at radius 2 is 2.22 bits per heavy atom. The van der Waals surface area contributed by atoms with E-state index < -0.39 is 10.5 Å². The number of hydrogen-bond donors (Lipinski definition) is 1. The molecule has 0 unspecified atom stereocenters. The van der Waals surface area contributed by atoms with Gasteiger partial charge >= 0.3 is 0 Å². The van der Waals surface area contributed by atoms with Crippen LogP contribution in [0.2, 0.25) is 0 Å². The number of anilines is 1. The van der Waals surface area contributed by atoms with Gasteiger partial charge in [0.25, 0.3) is 11.6 Å². The highest BCUT2D eigenvalue weighted by atomic mass is 16.6. The maximum absolute atomic E-state index is 13.0. The summed E-state index contributed by atoms with van der Waals surface area (Å²) in [5.41, 5.74) is -0.476. The van der Waals surface area contributed by atoms with Gasteiger partial charge in [0.15, 0.2) is 5.60 Å². The SMILES string of the molecule is C[C@@]12CC[C@H]3C[C@@]1(C(=O)Nc1cccc([N+](=O)[O-])c1)OC[C@@]32C. The molecule has 4 atom stereocenters. The number of nitro benzene ring substituents is 1. The summed E-state index contributed by atoms with van der Waals surface area (Å²) in [7, 11) is 0. The van der Waals surface area contributed by atoms with Crippen LogP contribution in [0.25, 0.3) is 0 Å². The third-order valence-corrected chi connectivity index (χ3v) is 6.88. The summed E-state index contributed by atoms with van der Waals surface area (Å²) in [6.45, 7) is 5.02. The second kappa shape index (κ2) is 4.32. The van der Waals surface area contributed by atoms with Gasteiger partial charge < -0.3 is 10.1 Å². The van der Waals surface area contributed by atoms with E-state index in [9.17, 15) is 14.9 Å². The van der Waals surface area contributed by atoms with Crippen molar-refractivity contribution < 1.29 is 14.5 Å². The predicted octanol–water partition coefficient (Wildman–Crippen LogP) is 3.13. The Kier molecular flexibility index (Phi) is 2.75. The molecule has 3 fully saturated rings. The highest BCUT2D eigenvalue weighted by Gasteiger charge is 2.78. The Labute approximate surface area is 134 Å². The Balaban J connectivity index is 1.64. The number of carbonyl (C=O) groups excluding carboxylic acids is 1. The van der Waals surface area contributed by atoms with Crippen molar-refractivity contribution >= 4 is 17.3 Å². The van der Waals surface area contributed by atoms with Gasteiger partial charge in [0.05, 0.1) is 11.5 Å². The van der Waals surface area contributed by atoms with Crippen molar-refractivity contribution in [2.75, 3.05) is 11.9 Å². The lowest BCUT2D eigenvalue weighted by molar-refractivity contribution is -0.384. The summed E-state index contributed by atoms with van der Waals surface area (Å²) < 4.78 is 6.05. The highest BCUT2D eigenvalue weighted by Crippen LogP contribution is 2.75. The standard InChI is InChI=1S/C17H20N2O4/c1-15-10-23-17(9-11(15)6-7-16(15,17)2)14(20)18-12-4-3-5-13(8-12)19(21)22/h3-5,8,11H,6-7,9-10H2,1-2H3,(H,18,20)/t11-,15-,16-,17-/m0/s1. The summed E-state index contributed by atoms with van der Waals surface area (Å²) in [6.07, 6.45) is 2.90. The predicted molar refractivity (Wildman–Crippen MR) is 84.0 cm³/mol. The van der Waals surface area contributed by atoms with Gasteiger partial charge in [-0.3, -0.25) is 14.9 Å². The number of non-ortho nitro benzene ring substituents is 1. The molecule has 0 radical (unpaired) electrons. The van der Waals surface area contributed by atoms with E-state index in [4.69, 9.17) is 4.74 Å². The Morgan fingerprint density at radius 3 is 2.87 bits per heavy atom. The van der Waals surface area contributed by atoms with E-state index in [0.29, 0.717) is 18.2 Å². The zero-order valence-electron chi connectivity index (χ0n) is 13.3. The summed E-state index contributed by atoms with van der Waals surface area (Å²) >= 11 is 0. The third-order valence-electron chi connectivity index (χ3n) is 6.88. The van der Waals surface area contributed by atoms with Crippen LogP contribution in [0.1, 0.15) is 33.1 Å². The number of ether oxygens (including phenoxy) is 1. The first-order chi connectivity index (χ1) is 10.8. The molecular formula is C17H20N2O4. The summed E-state index contributed by atoms with van der Waals surface area (Å²) in [5, 5.41) is 13.7. The average Bonchev–Trinajstić information content (AvgIpc) is 2.99. The molecule has 3 aliphatic rings. The van der Waals surface area contributed by atoms with E-state index in [2.05, 4.69) is 19.2 Å². The number of nitro groups is 1. The molecule has 1 aromatic rings. The monoisotopic (exact) mass is 316 g/mol. The second-order valence-corrected chi connectivity index (χ2v) is 7.57. The lowest BCUT2D eigenvalue weighted by Gasteiger charge is -2.39. The van der Waals surface area contributed by atoms with Crippen molar-refractivity contribution in [3.63, 3.8) is 0 Å². The van der Waals surface area contributed by atoms with E-state index >= 15 is 0 Å². The second-order valence-electron chi connectivity index (χ2n) is 7.57. The molecule has 1 aliphatic heterocycles. The Morgan fingerprint density at radius 1 is 1.43 bits per heavy atom. The van der Waals surface area contributed by atoms with E-state index in [1.165, 1.54) is 12.1 Å². The maximum atomic E-state index is 13.0. The van der Waals surface area contributed by atoms with Crippen molar-refractivity contribution in [1.29, 1.82) is 0 Å². The molecule has 23 heavy (non-hydrogen) atoms. The van der Waals surface area contributed by atoms with Gasteiger partial charge in [0.1, 0.15) is 0 Å². The number of amides is 1. The topological polar surface area (TPSA) is 81.5 Å². The molecule has 6 heteroatoms. The van der Waals surface area contributed by atoms with Crippen molar-refractivity contribution in [3.8, 4) is 0 Å². The first kappa shape index (κ1) is 14.6. The number of nitrogens with one attached hydrogen (secondary N) is 1. The lowest BCUT2D eigenvalue weighted by atomic mass is 9.66. The van der Waals surface area contributed by atoms with Crippen molar-refractivity contribution in [2.45, 2.75) is 38.7 Å². The van der Waals surface area contributed by atoms with Gasteiger partial charge in [-0.25, -0.2) is 0 Å². The van der Waals surface area contributed by atoms with Crippen molar-refractivity contribution in [3.05, 3.63) is 34.4 Å². The van der Waals surface area contributed by atoms with Gasteiger partial charge in [0, 0.05) is 28.7 Å². The van der Waals surface area contributed by atoms with Gasteiger partial charge in [-0.05, 0) is 31.2 Å². The fourth-order valence-corrected chi connectivity index (χ4v) is 5.19. The summed E-state index contributed by atoms with van der Waals surface area (Å²) in [6, 6.07) is 6.05. The molecule has 1 heterocycles. The first-order valence-corrected chi connectivity index (χ1v) is 8.02. The van der Waals surface area contributed by atoms with Crippen LogP contribution in [0.5, 0.6) is 0 Å². The van der Waals surface area contributed by atoms with E-state index in [1.807, 2.05) is 0 Å². The van der Waals surface area contributed by atoms with Crippen LogP contribution < -0.4 is 5.32 Å². The fraction of sp³-hybridized carbons (Fsp3) is 0.588. The minimum Gasteiger partial charge on any atom is -0.364 e. The largest absolute Gasteiger partial charge is 0.364 e. The summed E-state index contributed by atoms with van der Waals surface area (Å²) in [5.74, 6) is 0.364. The van der Waals surface area contributed by atoms with Crippen molar-refractivity contribution in [1.82, 2.24) is 0 Å². The molecule has 2 aliphatic carbocycles. The molecule has 6 nitrogen and oxygen atoms in total. The van der Waals surface area contributed by atoms with Crippen LogP contribution in [-0.2, 0) is 9.53 Å². The zero-order chi connectivity index (χ0) is 16.5. The molecule has 4 rings (SSSR count). The number of hydrogen-bond acceptors (Lipinski definition) is 4. The molecule has 0 aromatic heterocycles. The molecule has 4 bridgehead atoms. The van der Waals surface area contributed by atoms with Crippen LogP contribution in [0, 0.1) is 26.9 Å². The molecular weight excluding hydrogens is 296 g/mol. The Bertz CT molecular complexity index is 720. The average molecular weight is 316 g/mol. The van der Waals surface area contributed by atoms with Crippen molar-refractivity contribution in [2.24, 2.45) is 16.7 Å². The quantitative estimate of drug-likeness (QED) is 0.686. The smallest absolute Gasteiger partial charge is 0.271 e. The molecule has 2 saturated carbocycles. The highest BCUT2D eigenvalue weighted by molar-refractivity contribution is 5.99. The molecule has 122 valence electrons. The third kappa shape index (κ3) is 1.59. The van der Waals surface area contributed by atoms with Crippen LogP contribution >= 0.6 is 0 Å². The number of benzene rings is 1. The van der Waals surface area contributed by atoms with Gasteiger partial charge in [-0.2, -0.15) is 0 Å². The number of nitrogens with zero attached hydrogens (tertiary/aromatic N) is 1. The molecule has 1 amide bonds. The van der Waals surface area contributed by atoms with Crippen LogP contribution in [0.4, 0.5) is 11.4 Å². The molecule has 1 N–H and O–H groups in total. The van der Waals surface area contributed by atoms with E-state index in [-0.39, 0.29) is 22.4 Å². The Hall–Kier alpha value is -1.95. The zero-order valence-corrected chi connectivity index (χ0v) is 13.3. The minimum atomic E-state index is -0.796. The minimum absolute atomic E-state index is 0.0309. The van der Waals surface area contributed by atoms with E-state index in [1.54, 1.807) is 12.1 Å². The summed E-state index contributed by atoms with van der Waals surface area (Å²) in [4.78, 5) is 23.4. The van der Waals surface area contributed by atoms with Gasteiger partial charge in [0.2, 0.25) is 0 Å². The molecule has 0 spiro atoms. The van der Waals surface area contributed by atoms with Crippen LogP contribution in [0.15, 0.2) is 24.3 Å². The number of rotatable bonds is 3. The molecule has 1 aromatic carbocycles. The molecule has 1 saturated heterocycles. The normalized spacial score (nSPS) is 40.3. The van der Waals surface area contributed by atoms with Gasteiger partial charge in [-0.1, -0.05) is 19.9 Å². The van der Waals surface area contributed by atoms with Crippen LogP contribution in [0.3, 0.4) is 0 Å². The van der Waals surface area contributed by atoms with Crippen LogP contribution in [-0.4, -0.2) is 23.0 Å².